The summed E-state index contributed by atoms with van der Waals surface area (Å²) in [6.07, 6.45) is 2.00. The van der Waals surface area contributed by atoms with Gasteiger partial charge in [-0.05, 0) is 26.2 Å². The van der Waals surface area contributed by atoms with E-state index >= 15 is 0 Å². The highest BCUT2D eigenvalue weighted by Gasteiger charge is 2.68. The maximum atomic E-state index is 11.8. The zero-order valence-corrected chi connectivity index (χ0v) is 11.2. The van der Waals surface area contributed by atoms with Crippen LogP contribution in [0.3, 0.4) is 0 Å². The molecule has 17 heavy (non-hydrogen) atoms. The van der Waals surface area contributed by atoms with Crippen molar-refractivity contribution in [1.29, 1.82) is 0 Å². The number of hydrogen-bond acceptors (Lipinski definition) is 4. The first-order valence-electron chi connectivity index (χ1n) is 5.99. The molecular weight excluding hydrogens is 244 g/mol. The summed E-state index contributed by atoms with van der Waals surface area (Å²) in [5, 5.41) is 10.1. The molecule has 2 heterocycles. The number of fused-ring (bicyclic) bond motifs is 2. The predicted octanol–water partition coefficient (Wildman–Crippen LogP) is 1.62. The van der Waals surface area contributed by atoms with Gasteiger partial charge in [0.15, 0.2) is 4.87 Å². The van der Waals surface area contributed by atoms with E-state index in [2.05, 4.69) is 0 Å². The highest BCUT2D eigenvalue weighted by Crippen LogP contribution is 2.58. The Bertz CT molecular complexity index is 343. The summed E-state index contributed by atoms with van der Waals surface area (Å²) < 4.78 is 10.8. The van der Waals surface area contributed by atoms with Crippen molar-refractivity contribution in [3.63, 3.8) is 0 Å². The van der Waals surface area contributed by atoms with E-state index in [1.54, 1.807) is 6.92 Å². The van der Waals surface area contributed by atoms with Gasteiger partial charge in [-0.3, -0.25) is 4.79 Å². The molecule has 0 radical (unpaired) electrons. The van der Waals surface area contributed by atoms with Crippen molar-refractivity contribution < 1.29 is 19.4 Å². The largest absolute Gasteiger partial charge is 0.468 e. The number of rotatable bonds is 3. The topological polar surface area (TPSA) is 55.8 Å². The van der Waals surface area contributed by atoms with E-state index in [-0.39, 0.29) is 0 Å². The minimum atomic E-state index is -1.24. The Morgan fingerprint density at radius 1 is 1.65 bits per heavy atom. The Kier molecular flexibility index (Phi) is 2.96. The molecule has 1 N–H and O–H groups in total. The summed E-state index contributed by atoms with van der Waals surface area (Å²) in [4.78, 5) is 10.5. The van der Waals surface area contributed by atoms with Crippen LogP contribution in [0.2, 0.25) is 0 Å². The maximum Gasteiger partial charge on any atom is 0.329 e. The van der Waals surface area contributed by atoms with Crippen molar-refractivity contribution in [1.82, 2.24) is 0 Å². The smallest absolute Gasteiger partial charge is 0.329 e. The van der Waals surface area contributed by atoms with Gasteiger partial charge in [0.1, 0.15) is 5.60 Å². The van der Waals surface area contributed by atoms with E-state index in [4.69, 9.17) is 21.1 Å². The Balaban J connectivity index is 2.32. The maximum absolute atomic E-state index is 11.8. The Morgan fingerprint density at radius 2 is 2.29 bits per heavy atom. The van der Waals surface area contributed by atoms with Crippen molar-refractivity contribution in [2.45, 2.75) is 61.7 Å². The molecule has 4 atom stereocenters. The zero-order chi connectivity index (χ0) is 12.9. The Labute approximate surface area is 106 Å². The first-order valence-corrected chi connectivity index (χ1v) is 6.37. The van der Waals surface area contributed by atoms with E-state index in [0.29, 0.717) is 12.8 Å². The lowest BCUT2D eigenvalue weighted by atomic mass is 9.73. The van der Waals surface area contributed by atoms with Crippen LogP contribution >= 0.6 is 11.6 Å². The molecule has 0 amide bonds. The van der Waals surface area contributed by atoms with Crippen LogP contribution in [-0.4, -0.2) is 40.4 Å². The monoisotopic (exact) mass is 262 g/mol. The number of carbonyl (C=O) groups excluding carboxylic acids is 1. The third kappa shape index (κ3) is 1.54. The molecule has 0 aliphatic carbocycles. The first kappa shape index (κ1) is 13.1. The molecule has 2 rings (SSSR count). The number of esters is 1. The molecule has 2 bridgehead atoms. The molecule has 5 heteroatoms. The lowest BCUT2D eigenvalue weighted by Gasteiger charge is -2.36. The average Bonchev–Trinajstić information content (AvgIpc) is 2.82. The highest BCUT2D eigenvalue weighted by molar-refractivity contribution is 6.34. The van der Waals surface area contributed by atoms with E-state index in [1.165, 1.54) is 7.11 Å². The SMILES string of the molecule is CCC12CCC(C(C)(Cl)C(=O)OC)(CC1O)O2. The van der Waals surface area contributed by atoms with Crippen LogP contribution in [0.1, 0.15) is 39.5 Å². The van der Waals surface area contributed by atoms with Gasteiger partial charge in [-0.2, -0.15) is 0 Å². The number of methoxy groups -OCH3 is 1. The number of aliphatic hydroxyl groups excluding tert-OH is 1. The molecule has 2 aliphatic heterocycles. The summed E-state index contributed by atoms with van der Waals surface area (Å²) in [7, 11) is 1.31. The van der Waals surface area contributed by atoms with E-state index in [0.717, 1.165) is 12.8 Å². The third-order valence-corrected chi connectivity index (χ3v) is 5.00. The van der Waals surface area contributed by atoms with Crippen LogP contribution in [0, 0.1) is 0 Å². The standard InChI is InChI=1S/C12H19ClO4/c1-4-11-5-6-12(17-11,7-8(11)14)10(2,13)9(15)16-3/h8,14H,4-7H2,1-3H3. The number of ether oxygens (including phenoxy) is 2. The Morgan fingerprint density at radius 3 is 2.71 bits per heavy atom. The van der Waals surface area contributed by atoms with Gasteiger partial charge in [0.05, 0.1) is 18.8 Å². The van der Waals surface area contributed by atoms with Gasteiger partial charge in [-0.1, -0.05) is 6.92 Å². The third-order valence-electron chi connectivity index (χ3n) is 4.50. The van der Waals surface area contributed by atoms with Crippen LogP contribution < -0.4 is 0 Å². The summed E-state index contributed by atoms with van der Waals surface area (Å²) in [6.45, 7) is 3.60. The van der Waals surface area contributed by atoms with Crippen LogP contribution in [0.15, 0.2) is 0 Å². The Hall–Kier alpha value is -0.320. The quantitative estimate of drug-likeness (QED) is 0.620. The molecule has 0 saturated carbocycles. The molecule has 0 spiro atoms. The van der Waals surface area contributed by atoms with Gasteiger partial charge in [-0.15, -0.1) is 11.6 Å². The number of aliphatic hydroxyl groups is 1. The molecule has 4 nitrogen and oxygen atoms in total. The van der Waals surface area contributed by atoms with Crippen molar-refractivity contribution in [3.05, 3.63) is 0 Å². The average molecular weight is 263 g/mol. The van der Waals surface area contributed by atoms with Crippen LogP contribution in [0.25, 0.3) is 0 Å². The second kappa shape index (κ2) is 3.84. The van der Waals surface area contributed by atoms with Crippen LogP contribution in [0.4, 0.5) is 0 Å². The van der Waals surface area contributed by atoms with E-state index in [1.807, 2.05) is 6.92 Å². The number of halogens is 1. The summed E-state index contributed by atoms with van der Waals surface area (Å²) in [5.74, 6) is -0.500. The summed E-state index contributed by atoms with van der Waals surface area (Å²) in [5.41, 5.74) is -1.32. The molecule has 0 aromatic heterocycles. The fourth-order valence-electron chi connectivity index (χ4n) is 3.17. The van der Waals surface area contributed by atoms with Crippen LogP contribution in [-0.2, 0) is 14.3 Å². The van der Waals surface area contributed by atoms with Crippen LogP contribution in [0.5, 0.6) is 0 Å². The van der Waals surface area contributed by atoms with Gasteiger partial charge < -0.3 is 14.6 Å². The molecule has 2 fully saturated rings. The minimum absolute atomic E-state index is 0.399. The summed E-state index contributed by atoms with van der Waals surface area (Å²) >= 11 is 6.35. The summed E-state index contributed by atoms with van der Waals surface area (Å²) in [6, 6.07) is 0. The fraction of sp³-hybridized carbons (Fsp3) is 0.917. The highest BCUT2D eigenvalue weighted by atomic mass is 35.5. The lowest BCUT2D eigenvalue weighted by Crippen LogP contribution is -2.53. The molecule has 4 unspecified atom stereocenters. The number of hydrogen-bond donors (Lipinski definition) is 1. The van der Waals surface area contributed by atoms with Gasteiger partial charge in [0.25, 0.3) is 0 Å². The van der Waals surface area contributed by atoms with Gasteiger partial charge in [0.2, 0.25) is 0 Å². The second-order valence-electron chi connectivity index (χ2n) is 5.23. The van der Waals surface area contributed by atoms with Gasteiger partial charge in [-0.25, -0.2) is 0 Å². The van der Waals surface area contributed by atoms with Crippen molar-refractivity contribution in [2.75, 3.05) is 7.11 Å². The molecule has 98 valence electrons. The minimum Gasteiger partial charge on any atom is -0.468 e. The number of carbonyl (C=O) groups is 1. The first-order chi connectivity index (χ1) is 7.83. The second-order valence-corrected chi connectivity index (χ2v) is 5.99. The molecular formula is C12H19ClO4. The van der Waals surface area contributed by atoms with Gasteiger partial charge in [0, 0.05) is 6.42 Å². The van der Waals surface area contributed by atoms with Gasteiger partial charge >= 0.3 is 5.97 Å². The molecule has 0 aromatic carbocycles. The predicted molar refractivity (Wildman–Crippen MR) is 63.0 cm³/mol. The zero-order valence-electron chi connectivity index (χ0n) is 10.5. The fourth-order valence-corrected chi connectivity index (χ4v) is 3.45. The molecule has 0 aromatic rings. The van der Waals surface area contributed by atoms with Crippen molar-refractivity contribution >= 4 is 17.6 Å². The normalized spacial score (nSPS) is 43.5. The molecule has 2 aliphatic rings. The lowest BCUT2D eigenvalue weighted by molar-refractivity contribution is -0.154. The number of alkyl halides is 1. The van der Waals surface area contributed by atoms with E-state index in [9.17, 15) is 9.90 Å². The van der Waals surface area contributed by atoms with Crippen molar-refractivity contribution in [3.8, 4) is 0 Å². The van der Waals surface area contributed by atoms with E-state index < -0.39 is 28.1 Å². The van der Waals surface area contributed by atoms with Crippen molar-refractivity contribution in [2.24, 2.45) is 0 Å². The molecule has 2 saturated heterocycles.